The lowest BCUT2D eigenvalue weighted by Gasteiger charge is -2.17. The van der Waals surface area contributed by atoms with Gasteiger partial charge in [-0.25, -0.2) is 9.37 Å². The van der Waals surface area contributed by atoms with Crippen molar-refractivity contribution in [1.82, 2.24) is 15.6 Å². The van der Waals surface area contributed by atoms with Crippen LogP contribution in [0.4, 0.5) is 4.39 Å². The molecule has 2 aromatic rings. The van der Waals surface area contributed by atoms with Crippen molar-refractivity contribution in [3.05, 3.63) is 51.2 Å². The first-order valence-corrected chi connectivity index (χ1v) is 9.62. The Hall–Kier alpha value is -1.75. The van der Waals surface area contributed by atoms with Crippen LogP contribution in [0.2, 0.25) is 0 Å². The van der Waals surface area contributed by atoms with Crippen molar-refractivity contribution in [1.29, 1.82) is 0 Å². The molecule has 4 N–H and O–H groups in total. The van der Waals surface area contributed by atoms with Crippen molar-refractivity contribution in [3.8, 4) is 0 Å². The average molecular weight is 519 g/mol. The SMILES string of the molecule is CN=C(NCCc1nc(C)c(C)s1)NCC(Cc1ccc(F)cc1)C(N)=O.I. The quantitative estimate of drug-likeness (QED) is 0.284. The van der Waals surface area contributed by atoms with Crippen LogP contribution in [-0.2, 0) is 17.6 Å². The zero-order valence-electron chi connectivity index (χ0n) is 16.3. The third-order valence-electron chi connectivity index (χ3n) is 4.24. The average Bonchev–Trinajstić information content (AvgIpc) is 2.95. The Labute approximate surface area is 186 Å². The summed E-state index contributed by atoms with van der Waals surface area (Å²) in [5.41, 5.74) is 7.45. The minimum Gasteiger partial charge on any atom is -0.369 e. The fourth-order valence-corrected chi connectivity index (χ4v) is 3.49. The number of carbonyl (C=O) groups is 1. The molecule has 0 radical (unpaired) electrons. The molecular formula is C19H27FIN5OS. The molecule has 0 spiro atoms. The van der Waals surface area contributed by atoms with E-state index in [1.807, 2.05) is 6.92 Å². The molecule has 1 aromatic heterocycles. The summed E-state index contributed by atoms with van der Waals surface area (Å²) >= 11 is 1.70. The second kappa shape index (κ2) is 11.9. The summed E-state index contributed by atoms with van der Waals surface area (Å²) < 4.78 is 13.0. The lowest BCUT2D eigenvalue weighted by atomic mass is 9.98. The van der Waals surface area contributed by atoms with E-state index in [-0.39, 0.29) is 29.8 Å². The van der Waals surface area contributed by atoms with Crippen molar-refractivity contribution in [3.63, 3.8) is 0 Å². The third kappa shape index (κ3) is 7.70. The lowest BCUT2D eigenvalue weighted by Crippen LogP contribution is -2.43. The van der Waals surface area contributed by atoms with Crippen LogP contribution >= 0.6 is 35.3 Å². The predicted molar refractivity (Wildman–Crippen MR) is 123 cm³/mol. The lowest BCUT2D eigenvalue weighted by molar-refractivity contribution is -0.121. The van der Waals surface area contributed by atoms with Crippen molar-refractivity contribution in [2.45, 2.75) is 26.7 Å². The number of aliphatic imine (C=N–C) groups is 1. The number of carbonyl (C=O) groups excluding carboxylic acids is 1. The fourth-order valence-electron chi connectivity index (χ4n) is 2.55. The van der Waals surface area contributed by atoms with Crippen molar-refractivity contribution in [2.75, 3.05) is 20.1 Å². The molecule has 0 aliphatic carbocycles. The standard InChI is InChI=1S/C19H26FN5OS.HI/c1-12-13(2)27-17(25-12)8-9-23-19(22-3)24-11-15(18(21)26)10-14-4-6-16(20)7-5-14;/h4-7,15H,8-11H2,1-3H3,(H2,21,26)(H2,22,23,24);1H. The number of rotatable bonds is 8. The zero-order valence-corrected chi connectivity index (χ0v) is 19.4. The molecule has 1 atom stereocenters. The third-order valence-corrected chi connectivity index (χ3v) is 5.37. The van der Waals surface area contributed by atoms with Gasteiger partial charge >= 0.3 is 0 Å². The number of benzene rings is 1. The molecule has 2 rings (SSSR count). The number of hydrogen-bond acceptors (Lipinski definition) is 4. The van der Waals surface area contributed by atoms with Crippen molar-refractivity contribution < 1.29 is 9.18 Å². The van der Waals surface area contributed by atoms with Crippen LogP contribution in [0.25, 0.3) is 0 Å². The molecule has 1 heterocycles. The van der Waals surface area contributed by atoms with Gasteiger partial charge in [-0.15, -0.1) is 35.3 Å². The summed E-state index contributed by atoms with van der Waals surface area (Å²) in [4.78, 5) is 21.7. The summed E-state index contributed by atoms with van der Waals surface area (Å²) in [6.45, 7) is 5.11. The van der Waals surface area contributed by atoms with Crippen LogP contribution in [0.3, 0.4) is 0 Å². The van der Waals surface area contributed by atoms with Crippen LogP contribution in [0.15, 0.2) is 29.3 Å². The van der Waals surface area contributed by atoms with Gasteiger partial charge in [-0.3, -0.25) is 9.79 Å². The van der Waals surface area contributed by atoms with Crippen molar-refractivity contribution >= 4 is 47.2 Å². The molecule has 0 bridgehead atoms. The highest BCUT2D eigenvalue weighted by atomic mass is 127. The molecule has 1 unspecified atom stereocenters. The second-order valence-electron chi connectivity index (χ2n) is 6.31. The van der Waals surface area contributed by atoms with E-state index in [1.165, 1.54) is 17.0 Å². The normalized spacial score (nSPS) is 12.2. The predicted octanol–water partition coefficient (Wildman–Crippen LogP) is 2.57. The van der Waals surface area contributed by atoms with Crippen LogP contribution < -0.4 is 16.4 Å². The molecule has 28 heavy (non-hydrogen) atoms. The molecule has 0 saturated heterocycles. The highest BCUT2D eigenvalue weighted by molar-refractivity contribution is 14.0. The maximum Gasteiger partial charge on any atom is 0.222 e. The number of aryl methyl sites for hydroxylation is 2. The van der Waals surface area contributed by atoms with Gasteiger partial charge in [0.15, 0.2) is 5.96 Å². The summed E-state index contributed by atoms with van der Waals surface area (Å²) in [7, 11) is 1.67. The zero-order chi connectivity index (χ0) is 19.8. The van der Waals surface area contributed by atoms with Crippen LogP contribution in [0.1, 0.15) is 21.1 Å². The van der Waals surface area contributed by atoms with Gasteiger partial charge in [0.25, 0.3) is 0 Å². The van der Waals surface area contributed by atoms with E-state index in [0.717, 1.165) is 22.7 Å². The molecule has 0 saturated carbocycles. The van der Waals surface area contributed by atoms with E-state index < -0.39 is 11.8 Å². The Bertz CT molecular complexity index is 775. The summed E-state index contributed by atoms with van der Waals surface area (Å²) in [5.74, 6) is -0.526. The van der Waals surface area contributed by atoms with Gasteiger partial charge < -0.3 is 16.4 Å². The number of thiazole rings is 1. The Kier molecular flexibility index (Phi) is 10.4. The maximum atomic E-state index is 13.0. The molecule has 0 aliphatic heterocycles. The number of nitrogens with two attached hydrogens (primary N) is 1. The van der Waals surface area contributed by atoms with Crippen LogP contribution in [0, 0.1) is 25.6 Å². The first kappa shape index (κ1) is 24.3. The topological polar surface area (TPSA) is 92.4 Å². The van der Waals surface area contributed by atoms with Gasteiger partial charge in [-0.05, 0) is 38.0 Å². The number of primary amides is 1. The minimum absolute atomic E-state index is 0. The Morgan fingerprint density at radius 3 is 2.50 bits per heavy atom. The number of hydrogen-bond donors (Lipinski definition) is 3. The summed E-state index contributed by atoms with van der Waals surface area (Å²) in [6.07, 6.45) is 1.24. The Morgan fingerprint density at radius 1 is 1.29 bits per heavy atom. The van der Waals surface area contributed by atoms with E-state index in [4.69, 9.17) is 5.73 Å². The number of halogens is 2. The van der Waals surface area contributed by atoms with Gasteiger partial charge in [0, 0.05) is 31.4 Å². The van der Waals surface area contributed by atoms with Gasteiger partial charge in [0.2, 0.25) is 5.91 Å². The number of guanidine groups is 1. The molecule has 0 aliphatic rings. The number of nitrogens with zero attached hydrogens (tertiary/aromatic N) is 2. The van der Waals surface area contributed by atoms with Gasteiger partial charge in [0.05, 0.1) is 16.6 Å². The van der Waals surface area contributed by atoms with E-state index in [2.05, 4.69) is 27.5 Å². The van der Waals surface area contributed by atoms with E-state index in [1.54, 1.807) is 30.5 Å². The van der Waals surface area contributed by atoms with Crippen LogP contribution in [0.5, 0.6) is 0 Å². The molecule has 6 nitrogen and oxygen atoms in total. The van der Waals surface area contributed by atoms with E-state index >= 15 is 0 Å². The maximum absolute atomic E-state index is 13.0. The van der Waals surface area contributed by atoms with Gasteiger partial charge in [-0.2, -0.15) is 0 Å². The highest BCUT2D eigenvalue weighted by Crippen LogP contribution is 2.16. The molecule has 9 heteroatoms. The summed E-state index contributed by atoms with van der Waals surface area (Å²) in [6, 6.07) is 6.08. The first-order chi connectivity index (χ1) is 12.9. The highest BCUT2D eigenvalue weighted by Gasteiger charge is 2.17. The van der Waals surface area contributed by atoms with Gasteiger partial charge in [0.1, 0.15) is 5.82 Å². The second-order valence-corrected chi connectivity index (χ2v) is 7.60. The summed E-state index contributed by atoms with van der Waals surface area (Å²) in [5, 5.41) is 7.43. The smallest absolute Gasteiger partial charge is 0.222 e. The number of aromatic nitrogens is 1. The van der Waals surface area contributed by atoms with Crippen molar-refractivity contribution in [2.24, 2.45) is 16.6 Å². The number of nitrogens with one attached hydrogen (secondary N) is 2. The Balaban J connectivity index is 0.00000392. The van der Waals surface area contributed by atoms with E-state index in [9.17, 15) is 9.18 Å². The number of amides is 1. The van der Waals surface area contributed by atoms with E-state index in [0.29, 0.717) is 25.5 Å². The molecule has 154 valence electrons. The first-order valence-electron chi connectivity index (χ1n) is 8.80. The molecule has 1 aromatic carbocycles. The molecule has 0 fully saturated rings. The Morgan fingerprint density at radius 2 is 1.96 bits per heavy atom. The van der Waals surface area contributed by atoms with Crippen LogP contribution in [-0.4, -0.2) is 37.0 Å². The minimum atomic E-state index is -0.418. The largest absolute Gasteiger partial charge is 0.369 e. The fraction of sp³-hybridized carbons (Fsp3) is 0.421. The molecular weight excluding hydrogens is 492 g/mol. The molecule has 1 amide bonds. The van der Waals surface area contributed by atoms with Gasteiger partial charge in [-0.1, -0.05) is 12.1 Å². The monoisotopic (exact) mass is 519 g/mol.